The molecule has 0 saturated carbocycles. The highest BCUT2D eigenvalue weighted by molar-refractivity contribution is 5.80. The second kappa shape index (κ2) is 8.81. The fourth-order valence-corrected chi connectivity index (χ4v) is 1.35. The highest BCUT2D eigenvalue weighted by Crippen LogP contribution is 1.99. The highest BCUT2D eigenvalue weighted by atomic mass is 16.5. The average molecular weight is 246 g/mol. The first-order valence-corrected chi connectivity index (χ1v) is 5.70. The lowest BCUT2D eigenvalue weighted by Crippen LogP contribution is -2.44. The molecular weight excluding hydrogens is 224 g/mol. The van der Waals surface area contributed by atoms with E-state index >= 15 is 0 Å². The number of urea groups is 1. The highest BCUT2D eigenvalue weighted by Gasteiger charge is 2.17. The van der Waals surface area contributed by atoms with Crippen molar-refractivity contribution in [2.45, 2.75) is 20.3 Å². The number of carboxylic acids is 1. The monoisotopic (exact) mass is 246 g/mol. The lowest BCUT2D eigenvalue weighted by Gasteiger charge is -2.23. The van der Waals surface area contributed by atoms with Gasteiger partial charge in [0.25, 0.3) is 0 Å². The Balaban J connectivity index is 4.08. The van der Waals surface area contributed by atoms with Crippen molar-refractivity contribution < 1.29 is 19.4 Å². The fourth-order valence-electron chi connectivity index (χ4n) is 1.35. The summed E-state index contributed by atoms with van der Waals surface area (Å²) in [6, 6.07) is -0.336. The first-order valence-electron chi connectivity index (χ1n) is 5.70. The van der Waals surface area contributed by atoms with Crippen LogP contribution < -0.4 is 5.32 Å². The summed E-state index contributed by atoms with van der Waals surface area (Å²) in [7, 11) is 1.59. The summed E-state index contributed by atoms with van der Waals surface area (Å²) in [5, 5.41) is 11.4. The molecule has 0 atom stereocenters. The van der Waals surface area contributed by atoms with Crippen molar-refractivity contribution >= 4 is 12.0 Å². The number of aliphatic carboxylic acids is 1. The molecule has 0 radical (unpaired) electrons. The molecular formula is C11H22N2O4. The Labute approximate surface area is 102 Å². The Hall–Kier alpha value is -1.30. The van der Waals surface area contributed by atoms with Gasteiger partial charge in [-0.2, -0.15) is 0 Å². The number of ether oxygens (including phenoxy) is 1. The minimum atomic E-state index is -1.00. The van der Waals surface area contributed by atoms with E-state index in [4.69, 9.17) is 9.84 Å². The van der Waals surface area contributed by atoms with Crippen molar-refractivity contribution in [3.05, 3.63) is 0 Å². The SMILES string of the molecule is COCCCNC(=O)N(CC(=O)O)CC(C)C. The van der Waals surface area contributed by atoms with Crippen LogP contribution >= 0.6 is 0 Å². The Bertz CT molecular complexity index is 244. The molecule has 0 aliphatic heterocycles. The third-order valence-corrected chi connectivity index (χ3v) is 2.00. The summed E-state index contributed by atoms with van der Waals surface area (Å²) in [6.45, 7) is 5.10. The molecule has 0 bridgehead atoms. The van der Waals surface area contributed by atoms with E-state index < -0.39 is 5.97 Å². The number of nitrogens with zero attached hydrogens (tertiary/aromatic N) is 1. The van der Waals surface area contributed by atoms with Gasteiger partial charge in [0.1, 0.15) is 6.54 Å². The van der Waals surface area contributed by atoms with Crippen LogP contribution in [0.3, 0.4) is 0 Å². The van der Waals surface area contributed by atoms with Crippen LogP contribution in [0, 0.1) is 5.92 Å². The van der Waals surface area contributed by atoms with E-state index in [1.165, 1.54) is 4.90 Å². The molecule has 0 rings (SSSR count). The molecule has 0 aromatic rings. The zero-order valence-electron chi connectivity index (χ0n) is 10.7. The van der Waals surface area contributed by atoms with Crippen LogP contribution in [0.15, 0.2) is 0 Å². The van der Waals surface area contributed by atoms with Gasteiger partial charge in [-0.15, -0.1) is 0 Å². The molecule has 0 aromatic carbocycles. The molecule has 6 nitrogen and oxygen atoms in total. The van der Waals surface area contributed by atoms with Gasteiger partial charge >= 0.3 is 12.0 Å². The number of hydrogen-bond donors (Lipinski definition) is 2. The quantitative estimate of drug-likeness (QED) is 0.620. The van der Waals surface area contributed by atoms with Crippen molar-refractivity contribution in [3.63, 3.8) is 0 Å². The summed E-state index contributed by atoms with van der Waals surface area (Å²) in [5.74, 6) is -0.767. The number of carboxylic acid groups (broad SMARTS) is 1. The van der Waals surface area contributed by atoms with Gasteiger partial charge in [0.05, 0.1) is 0 Å². The number of rotatable bonds is 8. The normalized spacial score (nSPS) is 10.4. The van der Waals surface area contributed by atoms with E-state index in [-0.39, 0.29) is 18.5 Å². The standard InChI is InChI=1S/C11H22N2O4/c1-9(2)7-13(8-10(14)15)11(16)12-5-4-6-17-3/h9H,4-8H2,1-3H3,(H,12,16)(H,14,15). The number of methoxy groups -OCH3 is 1. The van der Waals surface area contributed by atoms with Crippen molar-refractivity contribution in [2.75, 3.05) is 33.4 Å². The van der Waals surface area contributed by atoms with Gasteiger partial charge in [0, 0.05) is 26.8 Å². The third kappa shape index (κ3) is 8.50. The van der Waals surface area contributed by atoms with Crippen molar-refractivity contribution in [1.82, 2.24) is 10.2 Å². The van der Waals surface area contributed by atoms with Gasteiger partial charge in [-0.25, -0.2) is 4.79 Å². The second-order valence-electron chi connectivity index (χ2n) is 4.25. The van der Waals surface area contributed by atoms with Gasteiger partial charge in [0.15, 0.2) is 0 Å². The smallest absolute Gasteiger partial charge is 0.323 e. The van der Waals surface area contributed by atoms with Crippen LogP contribution in [0.4, 0.5) is 4.79 Å². The number of carbonyl (C=O) groups excluding carboxylic acids is 1. The summed E-state index contributed by atoms with van der Waals surface area (Å²) in [5.41, 5.74) is 0. The van der Waals surface area contributed by atoms with Crippen molar-refractivity contribution in [3.8, 4) is 0 Å². The molecule has 0 spiro atoms. The molecule has 6 heteroatoms. The third-order valence-electron chi connectivity index (χ3n) is 2.00. The zero-order valence-corrected chi connectivity index (χ0v) is 10.7. The average Bonchev–Trinajstić information content (AvgIpc) is 2.22. The lowest BCUT2D eigenvalue weighted by molar-refractivity contribution is -0.137. The van der Waals surface area contributed by atoms with E-state index in [2.05, 4.69) is 5.32 Å². The number of carbonyl (C=O) groups is 2. The van der Waals surface area contributed by atoms with Gasteiger partial charge in [0.2, 0.25) is 0 Å². The maximum absolute atomic E-state index is 11.7. The largest absolute Gasteiger partial charge is 0.480 e. The molecule has 2 N–H and O–H groups in total. The minimum Gasteiger partial charge on any atom is -0.480 e. The van der Waals surface area contributed by atoms with E-state index in [9.17, 15) is 9.59 Å². The number of hydrogen-bond acceptors (Lipinski definition) is 3. The Morgan fingerprint density at radius 2 is 2.06 bits per heavy atom. The van der Waals surface area contributed by atoms with E-state index in [0.717, 1.165) is 0 Å². The van der Waals surface area contributed by atoms with Gasteiger partial charge in [-0.3, -0.25) is 4.79 Å². The topological polar surface area (TPSA) is 78.9 Å². The van der Waals surface area contributed by atoms with E-state index in [1.807, 2.05) is 13.8 Å². The lowest BCUT2D eigenvalue weighted by atomic mass is 10.2. The van der Waals surface area contributed by atoms with Gasteiger partial charge in [-0.1, -0.05) is 13.8 Å². The summed E-state index contributed by atoms with van der Waals surface area (Å²) >= 11 is 0. The van der Waals surface area contributed by atoms with Gasteiger partial charge < -0.3 is 20.1 Å². The molecule has 0 saturated heterocycles. The maximum atomic E-state index is 11.7. The second-order valence-corrected chi connectivity index (χ2v) is 4.25. The molecule has 0 aliphatic rings. The minimum absolute atomic E-state index is 0.235. The Morgan fingerprint density at radius 3 is 2.53 bits per heavy atom. The van der Waals surface area contributed by atoms with Crippen LogP contribution in [0.2, 0.25) is 0 Å². The first-order chi connectivity index (χ1) is 7.97. The van der Waals surface area contributed by atoms with Crippen LogP contribution in [0.25, 0.3) is 0 Å². The molecule has 0 fully saturated rings. The Kier molecular flexibility index (Phi) is 8.13. The molecule has 0 heterocycles. The van der Waals surface area contributed by atoms with Crippen LogP contribution in [-0.4, -0.2) is 55.4 Å². The predicted molar refractivity (Wildman–Crippen MR) is 63.9 cm³/mol. The predicted octanol–water partition coefficient (Wildman–Crippen LogP) is 0.775. The number of nitrogens with one attached hydrogen (secondary N) is 1. The number of amides is 2. The van der Waals surface area contributed by atoms with Crippen LogP contribution in [-0.2, 0) is 9.53 Å². The van der Waals surface area contributed by atoms with Crippen molar-refractivity contribution in [2.24, 2.45) is 5.92 Å². The molecule has 0 unspecified atom stereocenters. The maximum Gasteiger partial charge on any atom is 0.323 e. The zero-order chi connectivity index (χ0) is 13.3. The Morgan fingerprint density at radius 1 is 1.41 bits per heavy atom. The fraction of sp³-hybridized carbons (Fsp3) is 0.818. The first kappa shape index (κ1) is 15.7. The summed E-state index contributed by atoms with van der Waals surface area (Å²) in [4.78, 5) is 23.6. The summed E-state index contributed by atoms with van der Waals surface area (Å²) < 4.78 is 4.85. The van der Waals surface area contributed by atoms with Crippen LogP contribution in [0.5, 0.6) is 0 Å². The van der Waals surface area contributed by atoms with Crippen molar-refractivity contribution in [1.29, 1.82) is 0 Å². The molecule has 100 valence electrons. The van der Waals surface area contributed by atoms with Crippen LogP contribution in [0.1, 0.15) is 20.3 Å². The molecule has 17 heavy (non-hydrogen) atoms. The van der Waals surface area contributed by atoms with E-state index in [0.29, 0.717) is 26.1 Å². The molecule has 0 aliphatic carbocycles. The summed E-state index contributed by atoms with van der Waals surface area (Å²) in [6.07, 6.45) is 0.713. The van der Waals surface area contributed by atoms with Gasteiger partial charge in [-0.05, 0) is 12.3 Å². The molecule has 2 amide bonds. The molecule has 0 aromatic heterocycles. The van der Waals surface area contributed by atoms with E-state index in [1.54, 1.807) is 7.11 Å².